The SMILES string of the molecule is CCCCCCCCCCCCNC(=O)CCCOc1ccc(NC(NC(=O)CCC2CCCC2)C(=O)NCCOC)cc1. The van der Waals surface area contributed by atoms with E-state index in [1.807, 2.05) is 24.3 Å². The number of rotatable bonds is 26. The van der Waals surface area contributed by atoms with Crippen molar-refractivity contribution in [2.45, 2.75) is 129 Å². The van der Waals surface area contributed by atoms with Gasteiger partial charge in [0.1, 0.15) is 5.75 Å². The third kappa shape index (κ3) is 18.1. The Kier molecular flexibility index (Phi) is 20.8. The highest BCUT2D eigenvalue weighted by Gasteiger charge is 2.22. The van der Waals surface area contributed by atoms with Gasteiger partial charge in [0, 0.05) is 38.7 Å². The molecule has 9 heteroatoms. The molecule has 0 saturated heterocycles. The zero-order chi connectivity index (χ0) is 31.7. The highest BCUT2D eigenvalue weighted by molar-refractivity contribution is 5.89. The first-order valence-electron chi connectivity index (χ1n) is 17.3. The van der Waals surface area contributed by atoms with E-state index in [0.29, 0.717) is 56.4 Å². The summed E-state index contributed by atoms with van der Waals surface area (Å²) >= 11 is 0. The highest BCUT2D eigenvalue weighted by Crippen LogP contribution is 2.28. The molecule has 44 heavy (non-hydrogen) atoms. The number of carbonyl (C=O) groups excluding carboxylic acids is 3. The van der Waals surface area contributed by atoms with Crippen molar-refractivity contribution in [3.8, 4) is 5.75 Å². The van der Waals surface area contributed by atoms with Gasteiger partial charge in [-0.05, 0) is 49.4 Å². The van der Waals surface area contributed by atoms with Gasteiger partial charge in [-0.3, -0.25) is 14.4 Å². The van der Waals surface area contributed by atoms with Crippen molar-refractivity contribution in [1.29, 1.82) is 0 Å². The van der Waals surface area contributed by atoms with Crippen LogP contribution in [0.2, 0.25) is 0 Å². The summed E-state index contributed by atoms with van der Waals surface area (Å²) < 4.78 is 10.8. The van der Waals surface area contributed by atoms with Gasteiger partial charge in [-0.25, -0.2) is 0 Å². The minimum Gasteiger partial charge on any atom is -0.494 e. The van der Waals surface area contributed by atoms with Crippen molar-refractivity contribution < 1.29 is 23.9 Å². The summed E-state index contributed by atoms with van der Waals surface area (Å²) in [7, 11) is 1.57. The van der Waals surface area contributed by atoms with Crippen molar-refractivity contribution in [3.63, 3.8) is 0 Å². The third-order valence-electron chi connectivity index (χ3n) is 8.26. The van der Waals surface area contributed by atoms with Crippen molar-refractivity contribution in [2.24, 2.45) is 5.92 Å². The van der Waals surface area contributed by atoms with Crippen LogP contribution in [0.5, 0.6) is 5.75 Å². The number of hydrogen-bond donors (Lipinski definition) is 4. The Bertz CT molecular complexity index is 905. The van der Waals surface area contributed by atoms with Crippen molar-refractivity contribution in [3.05, 3.63) is 24.3 Å². The van der Waals surface area contributed by atoms with Gasteiger partial charge in [-0.15, -0.1) is 0 Å². The van der Waals surface area contributed by atoms with Crippen LogP contribution in [0, 0.1) is 5.92 Å². The van der Waals surface area contributed by atoms with Crippen LogP contribution in [0.3, 0.4) is 0 Å². The Morgan fingerprint density at radius 1 is 0.773 bits per heavy atom. The van der Waals surface area contributed by atoms with Gasteiger partial charge in [0.25, 0.3) is 5.91 Å². The number of unbranched alkanes of at least 4 members (excludes halogenated alkanes) is 9. The summed E-state index contributed by atoms with van der Waals surface area (Å²) in [6, 6.07) is 7.26. The number of benzene rings is 1. The van der Waals surface area contributed by atoms with Crippen molar-refractivity contribution in [2.75, 3.05) is 38.7 Å². The molecule has 0 spiro atoms. The molecule has 1 fully saturated rings. The normalized spacial score (nSPS) is 13.8. The molecule has 1 unspecified atom stereocenters. The Hall–Kier alpha value is -2.81. The average Bonchev–Trinajstić information content (AvgIpc) is 3.55. The minimum absolute atomic E-state index is 0.0733. The van der Waals surface area contributed by atoms with Crippen LogP contribution >= 0.6 is 0 Å². The Morgan fingerprint density at radius 2 is 1.43 bits per heavy atom. The maximum Gasteiger partial charge on any atom is 0.263 e. The second kappa shape index (κ2) is 24.5. The van der Waals surface area contributed by atoms with E-state index in [4.69, 9.17) is 9.47 Å². The summed E-state index contributed by atoms with van der Waals surface area (Å²) in [4.78, 5) is 37.6. The number of carbonyl (C=O) groups is 3. The van der Waals surface area contributed by atoms with Gasteiger partial charge in [0.2, 0.25) is 11.8 Å². The largest absolute Gasteiger partial charge is 0.494 e. The molecule has 1 aromatic rings. The molecule has 0 bridgehead atoms. The lowest BCUT2D eigenvalue weighted by atomic mass is 10.0. The lowest BCUT2D eigenvalue weighted by molar-refractivity contribution is -0.128. The Morgan fingerprint density at radius 3 is 2.09 bits per heavy atom. The first-order chi connectivity index (χ1) is 21.5. The van der Waals surface area contributed by atoms with Crippen LogP contribution in [-0.2, 0) is 19.1 Å². The monoisotopic (exact) mass is 616 g/mol. The molecule has 1 aliphatic rings. The second-order valence-electron chi connectivity index (χ2n) is 12.1. The number of hydrogen-bond acceptors (Lipinski definition) is 6. The van der Waals surface area contributed by atoms with E-state index in [0.717, 1.165) is 19.4 Å². The summed E-state index contributed by atoms with van der Waals surface area (Å²) in [6.45, 7) is 4.19. The molecule has 0 aromatic heterocycles. The minimum atomic E-state index is -0.895. The van der Waals surface area contributed by atoms with E-state index in [1.54, 1.807) is 7.11 Å². The molecule has 0 heterocycles. The lowest BCUT2D eigenvalue weighted by Gasteiger charge is -2.21. The van der Waals surface area contributed by atoms with E-state index >= 15 is 0 Å². The van der Waals surface area contributed by atoms with E-state index < -0.39 is 6.17 Å². The van der Waals surface area contributed by atoms with Crippen LogP contribution in [0.25, 0.3) is 0 Å². The van der Waals surface area contributed by atoms with Gasteiger partial charge in [0.15, 0.2) is 6.17 Å². The molecule has 1 atom stereocenters. The third-order valence-corrected chi connectivity index (χ3v) is 8.26. The quantitative estimate of drug-likeness (QED) is 0.0700. The van der Waals surface area contributed by atoms with E-state index in [2.05, 4.69) is 28.2 Å². The fraction of sp³-hybridized carbons (Fsp3) is 0.743. The fourth-order valence-electron chi connectivity index (χ4n) is 5.58. The molecule has 250 valence electrons. The van der Waals surface area contributed by atoms with Crippen LogP contribution in [-0.4, -0.2) is 57.3 Å². The fourth-order valence-corrected chi connectivity index (χ4v) is 5.58. The molecular weight excluding hydrogens is 556 g/mol. The molecule has 1 aromatic carbocycles. The highest BCUT2D eigenvalue weighted by atomic mass is 16.5. The van der Waals surface area contributed by atoms with Crippen molar-refractivity contribution in [1.82, 2.24) is 16.0 Å². The van der Waals surface area contributed by atoms with Crippen LogP contribution in [0.1, 0.15) is 122 Å². The number of methoxy groups -OCH3 is 1. The molecular formula is C35H60N4O5. The molecule has 2 rings (SSSR count). The first-order valence-corrected chi connectivity index (χ1v) is 17.3. The topological polar surface area (TPSA) is 118 Å². The molecule has 3 amide bonds. The molecule has 1 saturated carbocycles. The summed E-state index contributed by atoms with van der Waals surface area (Å²) in [6.07, 6.45) is 19.2. The maximum absolute atomic E-state index is 12.8. The van der Waals surface area contributed by atoms with E-state index in [1.165, 1.54) is 83.5 Å². The van der Waals surface area contributed by atoms with Gasteiger partial charge in [0.05, 0.1) is 13.2 Å². The zero-order valence-corrected chi connectivity index (χ0v) is 27.6. The predicted octanol–water partition coefficient (Wildman–Crippen LogP) is 6.47. The summed E-state index contributed by atoms with van der Waals surface area (Å²) in [5, 5.41) is 11.8. The number of ether oxygens (including phenoxy) is 2. The molecule has 0 aliphatic heterocycles. The van der Waals surface area contributed by atoms with Gasteiger partial charge in [-0.1, -0.05) is 90.4 Å². The van der Waals surface area contributed by atoms with E-state index in [-0.39, 0.29) is 17.7 Å². The molecule has 4 N–H and O–H groups in total. The van der Waals surface area contributed by atoms with Gasteiger partial charge < -0.3 is 30.7 Å². The van der Waals surface area contributed by atoms with Crippen molar-refractivity contribution >= 4 is 23.4 Å². The second-order valence-corrected chi connectivity index (χ2v) is 12.1. The van der Waals surface area contributed by atoms with E-state index in [9.17, 15) is 14.4 Å². The standard InChI is InChI=1S/C35H60N4O5/c1-3-4-5-6-7-8-9-10-11-14-25-36-32(40)18-15-27-44-31-22-20-30(21-23-31)38-34(35(42)37-26-28-43-2)39-33(41)24-19-29-16-12-13-17-29/h20-23,29,34,38H,3-19,24-28H2,1-2H3,(H,36,40)(H,37,42)(H,39,41). The Balaban J connectivity index is 1.62. The smallest absolute Gasteiger partial charge is 0.263 e. The number of nitrogens with one attached hydrogen (secondary N) is 4. The lowest BCUT2D eigenvalue weighted by Crippen LogP contribution is -2.51. The van der Waals surface area contributed by atoms with Gasteiger partial charge in [-0.2, -0.15) is 0 Å². The molecule has 0 radical (unpaired) electrons. The summed E-state index contributed by atoms with van der Waals surface area (Å²) in [5.74, 6) is 0.915. The van der Waals surface area contributed by atoms with Crippen LogP contribution in [0.4, 0.5) is 5.69 Å². The number of amides is 3. The average molecular weight is 617 g/mol. The maximum atomic E-state index is 12.8. The van der Waals surface area contributed by atoms with Gasteiger partial charge >= 0.3 is 0 Å². The zero-order valence-electron chi connectivity index (χ0n) is 27.6. The predicted molar refractivity (Wildman–Crippen MR) is 178 cm³/mol. The van der Waals surface area contributed by atoms with Crippen LogP contribution in [0.15, 0.2) is 24.3 Å². The number of anilines is 1. The Labute approximate surface area is 266 Å². The molecule has 1 aliphatic carbocycles. The first kappa shape index (κ1) is 37.4. The summed E-state index contributed by atoms with van der Waals surface area (Å²) in [5.41, 5.74) is 0.687. The molecule has 9 nitrogen and oxygen atoms in total. The van der Waals surface area contributed by atoms with Crippen LogP contribution < -0.4 is 26.0 Å².